The Kier molecular flexibility index (Phi) is 5.95. The summed E-state index contributed by atoms with van der Waals surface area (Å²) in [5.74, 6) is 1.09. The molecular weight excluding hydrogens is 459 g/mol. The predicted octanol–water partition coefficient (Wildman–Crippen LogP) is 7.38. The minimum atomic E-state index is -0.321. The number of benzene rings is 4. The van der Waals surface area contributed by atoms with Gasteiger partial charge in [-0.15, -0.1) is 0 Å². The van der Waals surface area contributed by atoms with Gasteiger partial charge in [0.15, 0.2) is 5.76 Å². The van der Waals surface area contributed by atoms with Crippen molar-refractivity contribution in [2.24, 2.45) is 0 Å². The van der Waals surface area contributed by atoms with Crippen LogP contribution in [0.5, 0.6) is 11.5 Å². The molecule has 0 atom stereocenters. The van der Waals surface area contributed by atoms with E-state index >= 15 is 0 Å². The van der Waals surface area contributed by atoms with Crippen LogP contribution in [0.3, 0.4) is 0 Å². The Morgan fingerprint density at radius 2 is 1.52 bits per heavy atom. The first-order valence-corrected chi connectivity index (χ1v) is 11.1. The van der Waals surface area contributed by atoms with Crippen molar-refractivity contribution in [3.8, 4) is 22.8 Å². The highest BCUT2D eigenvalue weighted by Crippen LogP contribution is 2.35. The highest BCUT2D eigenvalue weighted by atomic mass is 35.5. The summed E-state index contributed by atoms with van der Waals surface area (Å²) in [5, 5.41) is 3.32. The molecule has 0 aliphatic heterocycles. The quantitative estimate of drug-likeness (QED) is 0.240. The third-order valence-corrected chi connectivity index (χ3v) is 5.83. The van der Waals surface area contributed by atoms with Crippen molar-refractivity contribution in [3.63, 3.8) is 0 Å². The molecule has 0 saturated carbocycles. The van der Waals surface area contributed by atoms with Crippen LogP contribution in [0, 0.1) is 0 Å². The third kappa shape index (κ3) is 4.28. The Morgan fingerprint density at radius 3 is 2.39 bits per heavy atom. The Balaban J connectivity index is 1.46. The van der Waals surface area contributed by atoms with Gasteiger partial charge in [0, 0.05) is 16.0 Å². The summed E-state index contributed by atoms with van der Waals surface area (Å²) in [4.78, 5) is 13.3. The molecule has 0 bridgehead atoms. The lowest BCUT2D eigenvalue weighted by Crippen LogP contribution is -2.15. The van der Waals surface area contributed by atoms with Gasteiger partial charge in [0.2, 0.25) is 11.2 Å². The molecule has 4 nitrogen and oxygen atoms in total. The maximum Gasteiger partial charge on any atom is 0.235 e. The number of hydrogen-bond acceptors (Lipinski definition) is 4. The van der Waals surface area contributed by atoms with E-state index < -0.39 is 0 Å². The second-order valence-corrected chi connectivity index (χ2v) is 8.23. The van der Waals surface area contributed by atoms with E-state index in [-0.39, 0.29) is 30.2 Å². The molecule has 0 N–H and O–H groups in total. The van der Waals surface area contributed by atoms with E-state index in [1.807, 2.05) is 54.6 Å². The lowest BCUT2D eigenvalue weighted by atomic mass is 10.1. The normalized spacial score (nSPS) is 11.1. The van der Waals surface area contributed by atoms with E-state index in [9.17, 15) is 4.79 Å². The zero-order valence-electron chi connectivity index (χ0n) is 17.4. The van der Waals surface area contributed by atoms with Crippen molar-refractivity contribution < 1.29 is 13.9 Å². The standard InChI is InChI=1S/C27H18Cl2O4/c28-18-12-13-24-21(16-18)25(30)27(26(33-24)20-9-3-4-10-22(20)29)32-15-14-31-23-11-5-7-17-6-1-2-8-19(17)23/h1-13,16H,14-15H2. The molecule has 1 heterocycles. The van der Waals surface area contributed by atoms with Crippen LogP contribution >= 0.6 is 23.2 Å². The first-order valence-electron chi connectivity index (χ1n) is 10.4. The number of hydrogen-bond donors (Lipinski definition) is 0. The summed E-state index contributed by atoms with van der Waals surface area (Å²) in [6.07, 6.45) is 0. The minimum Gasteiger partial charge on any atom is -0.489 e. The summed E-state index contributed by atoms with van der Waals surface area (Å²) in [6.45, 7) is 0.375. The van der Waals surface area contributed by atoms with Crippen LogP contribution in [0.15, 0.2) is 94.1 Å². The van der Waals surface area contributed by atoms with Gasteiger partial charge in [-0.05, 0) is 41.8 Å². The van der Waals surface area contributed by atoms with Gasteiger partial charge in [0.25, 0.3) is 0 Å². The van der Waals surface area contributed by atoms with Crippen LogP contribution in [-0.2, 0) is 0 Å². The maximum absolute atomic E-state index is 13.3. The molecule has 4 aromatic carbocycles. The van der Waals surface area contributed by atoms with Crippen LogP contribution in [0.4, 0.5) is 0 Å². The third-order valence-electron chi connectivity index (χ3n) is 5.27. The van der Waals surface area contributed by atoms with Gasteiger partial charge in [0.05, 0.1) is 10.4 Å². The fourth-order valence-electron chi connectivity index (χ4n) is 3.72. The Bertz CT molecular complexity index is 1520. The SMILES string of the molecule is O=c1c(OCCOc2cccc3ccccc23)c(-c2ccccc2Cl)oc2ccc(Cl)cc12. The molecule has 0 amide bonds. The molecule has 5 aromatic rings. The second kappa shape index (κ2) is 9.18. The number of fused-ring (bicyclic) bond motifs is 2. The van der Waals surface area contributed by atoms with Crippen LogP contribution in [-0.4, -0.2) is 13.2 Å². The van der Waals surface area contributed by atoms with Gasteiger partial charge in [-0.1, -0.05) is 71.7 Å². The monoisotopic (exact) mass is 476 g/mol. The van der Waals surface area contributed by atoms with E-state index in [0.29, 0.717) is 26.6 Å². The molecule has 0 aliphatic rings. The second-order valence-electron chi connectivity index (χ2n) is 7.38. The molecule has 33 heavy (non-hydrogen) atoms. The summed E-state index contributed by atoms with van der Waals surface area (Å²) in [5.41, 5.74) is 0.649. The smallest absolute Gasteiger partial charge is 0.235 e. The average molecular weight is 477 g/mol. The van der Waals surface area contributed by atoms with E-state index in [2.05, 4.69) is 0 Å². The highest BCUT2D eigenvalue weighted by Gasteiger charge is 2.20. The minimum absolute atomic E-state index is 0.0689. The van der Waals surface area contributed by atoms with Gasteiger partial charge in [-0.25, -0.2) is 0 Å². The summed E-state index contributed by atoms with van der Waals surface area (Å²) < 4.78 is 17.9. The molecule has 0 unspecified atom stereocenters. The summed E-state index contributed by atoms with van der Waals surface area (Å²) >= 11 is 12.5. The van der Waals surface area contributed by atoms with Crippen molar-refractivity contribution in [3.05, 3.63) is 105 Å². The van der Waals surface area contributed by atoms with Gasteiger partial charge in [0.1, 0.15) is 24.5 Å². The van der Waals surface area contributed by atoms with Gasteiger partial charge in [-0.3, -0.25) is 4.79 Å². The molecule has 164 valence electrons. The van der Waals surface area contributed by atoms with Crippen molar-refractivity contribution in [1.82, 2.24) is 0 Å². The van der Waals surface area contributed by atoms with Crippen LogP contribution in [0.2, 0.25) is 10.0 Å². The topological polar surface area (TPSA) is 48.7 Å². The van der Waals surface area contributed by atoms with Crippen LogP contribution < -0.4 is 14.9 Å². The molecule has 0 spiro atoms. The fraction of sp³-hybridized carbons (Fsp3) is 0.0741. The van der Waals surface area contributed by atoms with E-state index in [1.165, 1.54) is 0 Å². The van der Waals surface area contributed by atoms with Crippen molar-refractivity contribution >= 4 is 44.9 Å². The summed E-state index contributed by atoms with van der Waals surface area (Å²) in [7, 11) is 0. The highest BCUT2D eigenvalue weighted by molar-refractivity contribution is 6.33. The van der Waals surface area contributed by atoms with Crippen LogP contribution in [0.1, 0.15) is 0 Å². The van der Waals surface area contributed by atoms with Crippen molar-refractivity contribution in [2.45, 2.75) is 0 Å². The van der Waals surface area contributed by atoms with E-state index in [0.717, 1.165) is 16.5 Å². The van der Waals surface area contributed by atoms with Crippen molar-refractivity contribution in [1.29, 1.82) is 0 Å². The lowest BCUT2D eigenvalue weighted by molar-refractivity contribution is 0.216. The Labute approximate surface area is 199 Å². The van der Waals surface area contributed by atoms with Gasteiger partial charge in [-0.2, -0.15) is 0 Å². The largest absolute Gasteiger partial charge is 0.489 e. The van der Waals surface area contributed by atoms with Crippen LogP contribution in [0.25, 0.3) is 33.1 Å². The fourth-order valence-corrected chi connectivity index (χ4v) is 4.11. The molecule has 0 radical (unpaired) electrons. The van der Waals surface area contributed by atoms with Crippen molar-refractivity contribution in [2.75, 3.05) is 13.2 Å². The Morgan fingerprint density at radius 1 is 0.758 bits per heavy atom. The van der Waals surface area contributed by atoms with E-state index in [4.69, 9.17) is 37.1 Å². The molecule has 0 aliphatic carbocycles. The zero-order valence-corrected chi connectivity index (χ0v) is 18.9. The maximum atomic E-state index is 13.3. The Hall–Kier alpha value is -3.47. The molecule has 0 saturated heterocycles. The average Bonchev–Trinajstić information content (AvgIpc) is 2.83. The lowest BCUT2D eigenvalue weighted by Gasteiger charge is -2.14. The summed E-state index contributed by atoms with van der Waals surface area (Å²) in [6, 6.07) is 25.9. The predicted molar refractivity (Wildman–Crippen MR) is 133 cm³/mol. The first kappa shape index (κ1) is 21.4. The molecule has 0 fully saturated rings. The number of rotatable bonds is 6. The zero-order chi connectivity index (χ0) is 22.8. The number of halogens is 2. The molecular formula is C27H18Cl2O4. The molecule has 6 heteroatoms. The molecule has 5 rings (SSSR count). The van der Waals surface area contributed by atoms with Gasteiger partial charge >= 0.3 is 0 Å². The number of ether oxygens (including phenoxy) is 2. The first-order chi connectivity index (χ1) is 16.1. The van der Waals surface area contributed by atoms with Gasteiger partial charge < -0.3 is 13.9 Å². The van der Waals surface area contributed by atoms with E-state index in [1.54, 1.807) is 30.3 Å². The molecule has 1 aromatic heterocycles.